The zero-order valence-electron chi connectivity index (χ0n) is 9.31. The van der Waals surface area contributed by atoms with Gasteiger partial charge in [-0.05, 0) is 16.7 Å². The molecular formula is C14H11NaO. The Morgan fingerprint density at radius 1 is 0.938 bits per heavy atom. The van der Waals surface area contributed by atoms with Crippen molar-refractivity contribution in [1.82, 2.24) is 0 Å². The molecule has 0 aliphatic rings. The normalized spacial score (nSPS) is 9.25. The molecule has 2 rings (SSSR count). The van der Waals surface area contributed by atoms with Gasteiger partial charge in [-0.25, -0.2) is 0 Å². The Labute approximate surface area is 118 Å². The van der Waals surface area contributed by atoms with Gasteiger partial charge in [0.15, 0.2) is 0 Å². The van der Waals surface area contributed by atoms with E-state index in [1.807, 2.05) is 36.4 Å². The van der Waals surface area contributed by atoms with Crippen LogP contribution >= 0.6 is 0 Å². The predicted molar refractivity (Wildman–Crippen MR) is 61.4 cm³/mol. The number of benzene rings is 2. The molecule has 0 amide bonds. The first-order valence-corrected chi connectivity index (χ1v) is 4.80. The van der Waals surface area contributed by atoms with Gasteiger partial charge in [0.1, 0.15) is 0 Å². The summed E-state index contributed by atoms with van der Waals surface area (Å²) in [5, 5.41) is 11.6. The first kappa shape index (κ1) is 13.0. The summed E-state index contributed by atoms with van der Waals surface area (Å²) in [5.41, 5.74) is 2.75. The minimum Gasteiger partial charge on any atom is -0.872 e. The summed E-state index contributed by atoms with van der Waals surface area (Å²) in [4.78, 5) is 0. The summed E-state index contributed by atoms with van der Waals surface area (Å²) in [6.07, 6.45) is 1.78. The Morgan fingerprint density at radius 3 is 2.12 bits per heavy atom. The minimum absolute atomic E-state index is 0. The minimum atomic E-state index is 0. The van der Waals surface area contributed by atoms with E-state index in [1.54, 1.807) is 18.2 Å². The molecule has 16 heavy (non-hydrogen) atoms. The molecular weight excluding hydrogens is 207 g/mol. The van der Waals surface area contributed by atoms with Crippen LogP contribution in [0.2, 0.25) is 0 Å². The van der Waals surface area contributed by atoms with E-state index in [0.29, 0.717) is 0 Å². The van der Waals surface area contributed by atoms with Crippen molar-refractivity contribution in [3.05, 3.63) is 60.7 Å². The van der Waals surface area contributed by atoms with Crippen molar-refractivity contribution in [2.75, 3.05) is 0 Å². The number of rotatable bonds is 2. The van der Waals surface area contributed by atoms with Crippen LogP contribution in [0.1, 0.15) is 5.56 Å². The second kappa shape index (κ2) is 5.90. The van der Waals surface area contributed by atoms with Crippen LogP contribution in [-0.2, 0) is 0 Å². The van der Waals surface area contributed by atoms with Gasteiger partial charge in [0.25, 0.3) is 0 Å². The van der Waals surface area contributed by atoms with Crippen LogP contribution in [0.3, 0.4) is 0 Å². The second-order valence-corrected chi connectivity index (χ2v) is 3.32. The average molecular weight is 218 g/mol. The Morgan fingerprint density at radius 2 is 1.56 bits per heavy atom. The van der Waals surface area contributed by atoms with Crippen LogP contribution in [0.5, 0.6) is 5.75 Å². The fraction of sp³-hybridized carbons (Fsp3) is 0. The molecule has 0 unspecified atom stereocenters. The summed E-state index contributed by atoms with van der Waals surface area (Å²) in [6, 6.07) is 14.8. The van der Waals surface area contributed by atoms with Crippen LogP contribution in [0, 0.1) is 0 Å². The van der Waals surface area contributed by atoms with E-state index in [1.165, 1.54) is 0 Å². The zero-order valence-corrected chi connectivity index (χ0v) is 11.3. The van der Waals surface area contributed by atoms with Crippen molar-refractivity contribution < 1.29 is 34.7 Å². The maximum atomic E-state index is 11.6. The quantitative estimate of drug-likeness (QED) is 0.654. The SMILES string of the molecule is C=Cc1ccc(-c2ccccc2[O-])cc1.[Na+]. The zero-order chi connectivity index (χ0) is 10.7. The van der Waals surface area contributed by atoms with E-state index in [0.717, 1.165) is 16.7 Å². The van der Waals surface area contributed by atoms with Gasteiger partial charge in [0.05, 0.1) is 0 Å². The number of hydrogen-bond donors (Lipinski definition) is 0. The van der Waals surface area contributed by atoms with Crippen molar-refractivity contribution in [3.63, 3.8) is 0 Å². The Kier molecular flexibility index (Phi) is 4.81. The molecule has 2 heteroatoms. The molecule has 0 N–H and O–H groups in total. The van der Waals surface area contributed by atoms with E-state index in [4.69, 9.17) is 0 Å². The first-order valence-electron chi connectivity index (χ1n) is 4.80. The molecule has 0 fully saturated rings. The van der Waals surface area contributed by atoms with E-state index in [2.05, 4.69) is 6.58 Å². The second-order valence-electron chi connectivity index (χ2n) is 3.32. The molecule has 1 nitrogen and oxygen atoms in total. The van der Waals surface area contributed by atoms with Gasteiger partial charge in [0.2, 0.25) is 0 Å². The molecule has 0 heterocycles. The van der Waals surface area contributed by atoms with Gasteiger partial charge < -0.3 is 5.11 Å². The molecule has 0 bridgehead atoms. The van der Waals surface area contributed by atoms with Crippen molar-refractivity contribution in [1.29, 1.82) is 0 Å². The molecule has 2 aromatic rings. The van der Waals surface area contributed by atoms with Gasteiger partial charge in [-0.3, -0.25) is 0 Å². The van der Waals surface area contributed by atoms with Crippen LogP contribution < -0.4 is 34.7 Å². The smallest absolute Gasteiger partial charge is 0.872 e. The maximum absolute atomic E-state index is 11.6. The molecule has 0 aliphatic heterocycles. The third kappa shape index (κ3) is 2.76. The summed E-state index contributed by atoms with van der Waals surface area (Å²) in [6.45, 7) is 3.69. The molecule has 0 aliphatic carbocycles. The van der Waals surface area contributed by atoms with Gasteiger partial charge in [-0.15, -0.1) is 5.75 Å². The molecule has 0 saturated carbocycles. The summed E-state index contributed by atoms with van der Waals surface area (Å²) < 4.78 is 0. The molecule has 0 atom stereocenters. The largest absolute Gasteiger partial charge is 1.00 e. The van der Waals surface area contributed by atoms with Crippen molar-refractivity contribution >= 4 is 6.08 Å². The van der Waals surface area contributed by atoms with Gasteiger partial charge in [0, 0.05) is 0 Å². The maximum Gasteiger partial charge on any atom is 1.00 e. The molecule has 0 aromatic heterocycles. The topological polar surface area (TPSA) is 23.1 Å². The molecule has 74 valence electrons. The Balaban J connectivity index is 0.00000128. The molecule has 0 saturated heterocycles. The summed E-state index contributed by atoms with van der Waals surface area (Å²) >= 11 is 0. The van der Waals surface area contributed by atoms with E-state index < -0.39 is 0 Å². The number of para-hydroxylation sites is 1. The summed E-state index contributed by atoms with van der Waals surface area (Å²) in [5.74, 6) is 0.0591. The van der Waals surface area contributed by atoms with Crippen LogP contribution in [0.4, 0.5) is 0 Å². The third-order valence-corrected chi connectivity index (χ3v) is 2.34. The average Bonchev–Trinajstić information content (AvgIpc) is 2.30. The standard InChI is InChI=1S/C14H12O.Na/c1-2-11-7-9-12(10-8-11)13-5-3-4-6-14(13)15;/h2-10,15H,1H2;/q;+1/p-1. The van der Waals surface area contributed by atoms with Gasteiger partial charge >= 0.3 is 29.6 Å². The number of hydrogen-bond acceptors (Lipinski definition) is 1. The Hall–Kier alpha value is -1.02. The van der Waals surface area contributed by atoms with Crippen LogP contribution in [-0.4, -0.2) is 0 Å². The molecule has 0 radical (unpaired) electrons. The van der Waals surface area contributed by atoms with Crippen molar-refractivity contribution in [3.8, 4) is 16.9 Å². The Bertz CT molecular complexity index is 474. The third-order valence-electron chi connectivity index (χ3n) is 2.34. The van der Waals surface area contributed by atoms with Crippen molar-refractivity contribution in [2.24, 2.45) is 0 Å². The fourth-order valence-corrected chi connectivity index (χ4v) is 1.50. The van der Waals surface area contributed by atoms with Gasteiger partial charge in [-0.1, -0.05) is 61.2 Å². The van der Waals surface area contributed by atoms with E-state index in [-0.39, 0.29) is 35.3 Å². The monoisotopic (exact) mass is 218 g/mol. The van der Waals surface area contributed by atoms with Crippen LogP contribution in [0.25, 0.3) is 17.2 Å². The predicted octanol–water partition coefficient (Wildman–Crippen LogP) is 0.0742. The molecule has 2 aromatic carbocycles. The first-order chi connectivity index (χ1) is 7.31. The van der Waals surface area contributed by atoms with E-state index in [9.17, 15) is 5.11 Å². The fourth-order valence-electron chi connectivity index (χ4n) is 1.50. The van der Waals surface area contributed by atoms with E-state index >= 15 is 0 Å². The summed E-state index contributed by atoms with van der Waals surface area (Å²) in [7, 11) is 0. The van der Waals surface area contributed by atoms with Crippen LogP contribution in [0.15, 0.2) is 55.1 Å². The van der Waals surface area contributed by atoms with Crippen molar-refractivity contribution in [2.45, 2.75) is 0 Å². The molecule has 0 spiro atoms. The van der Waals surface area contributed by atoms with Gasteiger partial charge in [-0.2, -0.15) is 0 Å².